The number of quaternary nitrogens is 1. The van der Waals surface area contributed by atoms with Crippen LogP contribution in [0, 0.1) is 22.9 Å². The average Bonchev–Trinajstić information content (AvgIpc) is 2.32. The maximum absolute atomic E-state index is 7.10. The molecular weight excluding hydrogens is 238 g/mol. The standard InChI is InChI=1S/C12H26N.2CH2N2/c1-5-9-13(10-6-2,11-7-3)12-8-4;2*2-1-3/h5H,1,6-12H2,2-4H3;2*2H2/q+1;;. The van der Waals surface area contributed by atoms with Crippen LogP contribution in [0.15, 0.2) is 12.7 Å². The Morgan fingerprint density at radius 3 is 1.37 bits per heavy atom. The van der Waals surface area contributed by atoms with Gasteiger partial charge >= 0.3 is 0 Å². The van der Waals surface area contributed by atoms with Crippen molar-refractivity contribution in [2.24, 2.45) is 11.5 Å². The van der Waals surface area contributed by atoms with Gasteiger partial charge in [0.2, 0.25) is 0 Å². The van der Waals surface area contributed by atoms with E-state index in [9.17, 15) is 0 Å². The molecule has 0 saturated heterocycles. The van der Waals surface area contributed by atoms with Crippen molar-refractivity contribution >= 4 is 0 Å². The van der Waals surface area contributed by atoms with Gasteiger partial charge in [-0.2, -0.15) is 10.5 Å². The van der Waals surface area contributed by atoms with E-state index < -0.39 is 0 Å². The zero-order valence-corrected chi connectivity index (χ0v) is 12.7. The van der Waals surface area contributed by atoms with Gasteiger partial charge in [0.25, 0.3) is 0 Å². The minimum absolute atomic E-state index is 1.15. The Morgan fingerprint density at radius 1 is 0.947 bits per heavy atom. The minimum Gasteiger partial charge on any atom is -0.337 e. The summed E-state index contributed by atoms with van der Waals surface area (Å²) >= 11 is 0. The molecule has 0 heterocycles. The largest absolute Gasteiger partial charge is 0.337 e. The molecule has 0 aromatic rings. The first kappa shape index (κ1) is 22.5. The van der Waals surface area contributed by atoms with Crippen LogP contribution in [0.1, 0.15) is 40.0 Å². The van der Waals surface area contributed by atoms with Gasteiger partial charge in [-0.15, -0.1) is 0 Å². The molecule has 0 atom stereocenters. The van der Waals surface area contributed by atoms with E-state index in [4.69, 9.17) is 10.5 Å². The molecule has 0 saturated carbocycles. The smallest absolute Gasteiger partial charge is 0.173 e. The molecule has 110 valence electrons. The zero-order chi connectivity index (χ0) is 15.6. The molecule has 0 radical (unpaired) electrons. The second kappa shape index (κ2) is 18.6. The zero-order valence-electron chi connectivity index (χ0n) is 12.7. The summed E-state index contributed by atoms with van der Waals surface area (Å²) < 4.78 is 1.26. The van der Waals surface area contributed by atoms with Crippen molar-refractivity contribution in [3.63, 3.8) is 0 Å². The number of nitrogens with zero attached hydrogens (tertiary/aromatic N) is 3. The Bertz CT molecular complexity index is 233. The molecule has 0 spiro atoms. The van der Waals surface area contributed by atoms with Gasteiger partial charge in [-0.1, -0.05) is 27.4 Å². The van der Waals surface area contributed by atoms with Crippen molar-refractivity contribution in [3.8, 4) is 12.4 Å². The Labute approximate surface area is 118 Å². The molecular formula is C14H30N5+. The summed E-state index contributed by atoms with van der Waals surface area (Å²) in [4.78, 5) is 0. The fraction of sp³-hybridized carbons (Fsp3) is 0.714. The lowest BCUT2D eigenvalue weighted by Gasteiger charge is -2.37. The molecule has 0 amide bonds. The SMILES string of the molecule is C=CC[N+](CCC)(CCC)CCC.N#CN.N#CN. The molecule has 0 aromatic carbocycles. The van der Waals surface area contributed by atoms with E-state index in [-0.39, 0.29) is 0 Å². The van der Waals surface area contributed by atoms with Crippen molar-refractivity contribution in [2.75, 3.05) is 26.2 Å². The first-order valence-electron chi connectivity index (χ1n) is 6.73. The molecule has 0 aliphatic carbocycles. The third-order valence-corrected chi connectivity index (χ3v) is 2.61. The van der Waals surface area contributed by atoms with Crippen molar-refractivity contribution in [2.45, 2.75) is 40.0 Å². The molecule has 0 fully saturated rings. The summed E-state index contributed by atoms with van der Waals surface area (Å²) in [5.74, 6) is 0. The molecule has 0 rings (SSSR count). The molecule has 4 N–H and O–H groups in total. The van der Waals surface area contributed by atoms with Crippen LogP contribution in [-0.4, -0.2) is 30.7 Å². The summed E-state index contributed by atoms with van der Waals surface area (Å²) in [7, 11) is 0. The van der Waals surface area contributed by atoms with Crippen LogP contribution in [0.2, 0.25) is 0 Å². The maximum atomic E-state index is 7.10. The lowest BCUT2D eigenvalue weighted by Crippen LogP contribution is -2.49. The van der Waals surface area contributed by atoms with Gasteiger partial charge in [-0.05, 0) is 25.3 Å². The summed E-state index contributed by atoms with van der Waals surface area (Å²) in [6.07, 6.45) is 8.44. The van der Waals surface area contributed by atoms with Gasteiger partial charge in [0.1, 0.15) is 0 Å². The highest BCUT2D eigenvalue weighted by Crippen LogP contribution is 2.11. The van der Waals surface area contributed by atoms with Crippen molar-refractivity contribution in [1.29, 1.82) is 10.5 Å². The Balaban J connectivity index is -0.000000360. The first-order valence-corrected chi connectivity index (χ1v) is 6.73. The van der Waals surface area contributed by atoms with Gasteiger partial charge in [0.15, 0.2) is 12.4 Å². The lowest BCUT2D eigenvalue weighted by atomic mass is 10.2. The molecule has 5 nitrogen and oxygen atoms in total. The number of rotatable bonds is 8. The van der Waals surface area contributed by atoms with Crippen molar-refractivity contribution < 1.29 is 4.48 Å². The normalized spacial score (nSPS) is 8.68. The van der Waals surface area contributed by atoms with Crippen LogP contribution in [0.4, 0.5) is 0 Å². The summed E-state index contributed by atoms with van der Waals surface area (Å²) in [5, 5.41) is 14.2. The number of nitriles is 2. The van der Waals surface area contributed by atoms with Gasteiger partial charge in [0, 0.05) is 0 Å². The average molecular weight is 268 g/mol. The molecule has 0 aliphatic rings. The number of hydrogen-bond donors (Lipinski definition) is 2. The van der Waals surface area contributed by atoms with E-state index in [0.717, 1.165) is 6.54 Å². The highest BCUT2D eigenvalue weighted by Gasteiger charge is 2.22. The van der Waals surface area contributed by atoms with Gasteiger partial charge < -0.3 is 16.0 Å². The van der Waals surface area contributed by atoms with Crippen LogP contribution < -0.4 is 11.5 Å². The van der Waals surface area contributed by atoms with E-state index in [2.05, 4.69) is 44.9 Å². The third-order valence-electron chi connectivity index (χ3n) is 2.61. The summed E-state index contributed by atoms with van der Waals surface area (Å²) in [6.45, 7) is 15.8. The molecule has 0 bridgehead atoms. The van der Waals surface area contributed by atoms with E-state index in [1.165, 1.54) is 55.8 Å². The van der Waals surface area contributed by atoms with E-state index >= 15 is 0 Å². The fourth-order valence-corrected chi connectivity index (χ4v) is 2.31. The van der Waals surface area contributed by atoms with Gasteiger partial charge in [0.05, 0.1) is 26.2 Å². The lowest BCUT2D eigenvalue weighted by molar-refractivity contribution is -0.923. The first-order chi connectivity index (χ1) is 9.07. The molecule has 0 aromatic heterocycles. The van der Waals surface area contributed by atoms with Gasteiger partial charge in [-0.3, -0.25) is 0 Å². The van der Waals surface area contributed by atoms with Crippen LogP contribution in [0.25, 0.3) is 0 Å². The number of nitrogens with two attached hydrogens (primary N) is 2. The Kier molecular flexibility index (Phi) is 22.0. The van der Waals surface area contributed by atoms with Crippen LogP contribution in [0.5, 0.6) is 0 Å². The monoisotopic (exact) mass is 268 g/mol. The predicted octanol–water partition coefficient (Wildman–Crippen LogP) is 2.07. The topological polar surface area (TPSA) is 99.6 Å². The van der Waals surface area contributed by atoms with Crippen molar-refractivity contribution in [1.82, 2.24) is 0 Å². The summed E-state index contributed by atoms with van der Waals surface area (Å²) in [6, 6.07) is 0. The molecule has 0 unspecified atom stereocenters. The summed E-state index contributed by atoms with van der Waals surface area (Å²) in [5.41, 5.74) is 8.31. The minimum atomic E-state index is 1.15. The third kappa shape index (κ3) is 16.3. The molecule has 5 heteroatoms. The highest BCUT2D eigenvalue weighted by atomic mass is 15.3. The Hall–Kier alpha value is -1.72. The van der Waals surface area contributed by atoms with E-state index in [1.54, 1.807) is 0 Å². The second-order valence-electron chi connectivity index (χ2n) is 4.24. The maximum Gasteiger partial charge on any atom is 0.173 e. The molecule has 19 heavy (non-hydrogen) atoms. The Morgan fingerprint density at radius 2 is 1.21 bits per heavy atom. The van der Waals surface area contributed by atoms with Crippen LogP contribution in [-0.2, 0) is 0 Å². The highest BCUT2D eigenvalue weighted by molar-refractivity contribution is 4.66. The fourth-order valence-electron chi connectivity index (χ4n) is 2.31. The quantitative estimate of drug-likeness (QED) is 0.304. The van der Waals surface area contributed by atoms with Gasteiger partial charge in [-0.25, -0.2) is 0 Å². The van der Waals surface area contributed by atoms with E-state index in [1.807, 2.05) is 0 Å². The van der Waals surface area contributed by atoms with Crippen LogP contribution >= 0.6 is 0 Å². The predicted molar refractivity (Wildman–Crippen MR) is 80.4 cm³/mol. The second-order valence-corrected chi connectivity index (χ2v) is 4.24. The van der Waals surface area contributed by atoms with E-state index in [0.29, 0.717) is 0 Å². The van der Waals surface area contributed by atoms with Crippen molar-refractivity contribution in [3.05, 3.63) is 12.7 Å². The van der Waals surface area contributed by atoms with Crippen LogP contribution in [0.3, 0.4) is 0 Å². The molecule has 0 aliphatic heterocycles. The number of hydrogen-bond acceptors (Lipinski definition) is 4.